The van der Waals surface area contributed by atoms with Crippen LogP contribution in [0.1, 0.15) is 37.4 Å². The van der Waals surface area contributed by atoms with Crippen molar-refractivity contribution in [1.82, 2.24) is 9.88 Å². The van der Waals surface area contributed by atoms with Gasteiger partial charge < -0.3 is 9.88 Å². The topological polar surface area (TPSA) is 17.0 Å². The average Bonchev–Trinajstić information content (AvgIpc) is 2.85. The Balaban J connectivity index is 1.88. The van der Waals surface area contributed by atoms with Gasteiger partial charge in [-0.2, -0.15) is 0 Å². The van der Waals surface area contributed by atoms with Crippen molar-refractivity contribution >= 4 is 15.9 Å². The number of aryl methyl sites for hydroxylation is 1. The Bertz CT molecular complexity index is 502. The Kier molecular flexibility index (Phi) is 5.23. The van der Waals surface area contributed by atoms with Crippen LogP contribution in [-0.2, 0) is 13.1 Å². The SMILES string of the molecule is CCCn1ccc(CN[C@@H](C)c2ccc(Br)cc2)c1. The summed E-state index contributed by atoms with van der Waals surface area (Å²) in [5.74, 6) is 0. The molecule has 0 saturated heterocycles. The molecule has 0 radical (unpaired) electrons. The normalized spacial score (nSPS) is 12.6. The Hall–Kier alpha value is -1.06. The van der Waals surface area contributed by atoms with Crippen molar-refractivity contribution in [2.45, 2.75) is 39.4 Å². The third-order valence-corrected chi connectivity index (χ3v) is 3.80. The number of benzene rings is 1. The summed E-state index contributed by atoms with van der Waals surface area (Å²) in [7, 11) is 0. The van der Waals surface area contributed by atoms with Gasteiger partial charge in [0.2, 0.25) is 0 Å². The molecule has 0 spiro atoms. The summed E-state index contributed by atoms with van der Waals surface area (Å²) >= 11 is 3.46. The second-order valence-corrected chi connectivity index (χ2v) is 5.83. The average molecular weight is 321 g/mol. The smallest absolute Gasteiger partial charge is 0.0294 e. The Labute approximate surface area is 124 Å². The minimum Gasteiger partial charge on any atom is -0.354 e. The van der Waals surface area contributed by atoms with E-state index in [-0.39, 0.29) is 0 Å². The number of hydrogen-bond acceptors (Lipinski definition) is 1. The van der Waals surface area contributed by atoms with Gasteiger partial charge in [0.25, 0.3) is 0 Å². The van der Waals surface area contributed by atoms with Crippen LogP contribution in [0.3, 0.4) is 0 Å². The molecule has 0 fully saturated rings. The van der Waals surface area contributed by atoms with Crippen molar-refractivity contribution in [2.75, 3.05) is 0 Å². The van der Waals surface area contributed by atoms with E-state index in [1.54, 1.807) is 0 Å². The largest absolute Gasteiger partial charge is 0.354 e. The molecule has 1 aromatic heterocycles. The van der Waals surface area contributed by atoms with Crippen molar-refractivity contribution in [1.29, 1.82) is 0 Å². The molecule has 0 bridgehead atoms. The summed E-state index contributed by atoms with van der Waals surface area (Å²) in [5.41, 5.74) is 2.66. The molecule has 0 aliphatic rings. The van der Waals surface area contributed by atoms with Crippen LogP contribution in [0.4, 0.5) is 0 Å². The van der Waals surface area contributed by atoms with E-state index in [0.29, 0.717) is 6.04 Å². The van der Waals surface area contributed by atoms with Crippen LogP contribution in [0.25, 0.3) is 0 Å². The minimum absolute atomic E-state index is 0.364. The van der Waals surface area contributed by atoms with Crippen LogP contribution in [0, 0.1) is 0 Å². The van der Waals surface area contributed by atoms with Crippen LogP contribution < -0.4 is 5.32 Å². The molecule has 2 rings (SSSR count). The van der Waals surface area contributed by atoms with Crippen LogP contribution in [0.15, 0.2) is 47.2 Å². The molecule has 0 unspecified atom stereocenters. The minimum atomic E-state index is 0.364. The summed E-state index contributed by atoms with van der Waals surface area (Å²) < 4.78 is 3.38. The van der Waals surface area contributed by atoms with E-state index in [2.05, 4.69) is 82.4 Å². The van der Waals surface area contributed by atoms with Gasteiger partial charge in [0.05, 0.1) is 0 Å². The van der Waals surface area contributed by atoms with Gasteiger partial charge in [-0.3, -0.25) is 0 Å². The highest BCUT2D eigenvalue weighted by Gasteiger charge is 2.05. The maximum absolute atomic E-state index is 3.56. The van der Waals surface area contributed by atoms with Crippen molar-refractivity contribution in [3.05, 3.63) is 58.3 Å². The molecule has 0 saturated carbocycles. The van der Waals surface area contributed by atoms with Gasteiger partial charge in [-0.15, -0.1) is 0 Å². The fourth-order valence-corrected chi connectivity index (χ4v) is 2.40. The van der Waals surface area contributed by atoms with Crippen LogP contribution in [0.5, 0.6) is 0 Å². The van der Waals surface area contributed by atoms with Gasteiger partial charge >= 0.3 is 0 Å². The molecule has 19 heavy (non-hydrogen) atoms. The van der Waals surface area contributed by atoms with Crippen molar-refractivity contribution in [3.63, 3.8) is 0 Å². The number of halogens is 1. The summed E-state index contributed by atoms with van der Waals surface area (Å²) in [6.45, 7) is 6.41. The lowest BCUT2D eigenvalue weighted by atomic mass is 10.1. The van der Waals surface area contributed by atoms with Gasteiger partial charge in [0.1, 0.15) is 0 Å². The van der Waals surface area contributed by atoms with Gasteiger partial charge in [-0.25, -0.2) is 0 Å². The predicted octanol–water partition coefficient (Wildman–Crippen LogP) is 4.51. The fraction of sp³-hybridized carbons (Fsp3) is 0.375. The first-order valence-electron chi connectivity index (χ1n) is 6.82. The third kappa shape index (κ3) is 4.22. The Morgan fingerprint density at radius 1 is 1.21 bits per heavy atom. The van der Waals surface area contributed by atoms with E-state index in [0.717, 1.165) is 17.6 Å². The first kappa shape index (κ1) is 14.4. The summed E-state index contributed by atoms with van der Waals surface area (Å²) in [6.07, 6.45) is 5.56. The van der Waals surface area contributed by atoms with E-state index in [1.807, 2.05) is 0 Å². The highest BCUT2D eigenvalue weighted by atomic mass is 79.9. The lowest BCUT2D eigenvalue weighted by Gasteiger charge is -2.13. The number of rotatable bonds is 6. The molecule has 2 nitrogen and oxygen atoms in total. The number of nitrogens with zero attached hydrogens (tertiary/aromatic N) is 1. The molecule has 1 heterocycles. The van der Waals surface area contributed by atoms with E-state index in [1.165, 1.54) is 17.5 Å². The summed E-state index contributed by atoms with van der Waals surface area (Å²) in [6, 6.07) is 11.0. The Morgan fingerprint density at radius 3 is 2.63 bits per heavy atom. The molecule has 1 aromatic carbocycles. The number of aromatic nitrogens is 1. The maximum atomic E-state index is 3.56. The van der Waals surface area contributed by atoms with Crippen molar-refractivity contribution in [2.24, 2.45) is 0 Å². The second kappa shape index (κ2) is 6.92. The number of hydrogen-bond donors (Lipinski definition) is 1. The van der Waals surface area contributed by atoms with Gasteiger partial charge in [0, 0.05) is 36.0 Å². The zero-order valence-corrected chi connectivity index (χ0v) is 13.2. The second-order valence-electron chi connectivity index (χ2n) is 4.91. The molecular formula is C16H21BrN2. The summed E-state index contributed by atoms with van der Waals surface area (Å²) in [5, 5.41) is 3.56. The van der Waals surface area contributed by atoms with Crippen LogP contribution in [-0.4, -0.2) is 4.57 Å². The van der Waals surface area contributed by atoms with E-state index in [9.17, 15) is 0 Å². The quantitative estimate of drug-likeness (QED) is 0.828. The molecule has 0 amide bonds. The van der Waals surface area contributed by atoms with Crippen molar-refractivity contribution in [3.8, 4) is 0 Å². The molecule has 0 aliphatic carbocycles. The summed E-state index contributed by atoms with van der Waals surface area (Å²) in [4.78, 5) is 0. The molecule has 3 heteroatoms. The number of nitrogens with one attached hydrogen (secondary N) is 1. The van der Waals surface area contributed by atoms with E-state index in [4.69, 9.17) is 0 Å². The molecule has 102 valence electrons. The zero-order chi connectivity index (χ0) is 13.7. The third-order valence-electron chi connectivity index (χ3n) is 3.28. The van der Waals surface area contributed by atoms with Gasteiger partial charge in [-0.05, 0) is 42.7 Å². The zero-order valence-electron chi connectivity index (χ0n) is 11.6. The molecule has 1 N–H and O–H groups in total. The van der Waals surface area contributed by atoms with Crippen LogP contribution >= 0.6 is 15.9 Å². The fourth-order valence-electron chi connectivity index (χ4n) is 2.13. The van der Waals surface area contributed by atoms with Gasteiger partial charge in [0.15, 0.2) is 0 Å². The lowest BCUT2D eigenvalue weighted by Crippen LogP contribution is -2.17. The Morgan fingerprint density at radius 2 is 1.95 bits per heavy atom. The first-order chi connectivity index (χ1) is 9.19. The van der Waals surface area contributed by atoms with Crippen molar-refractivity contribution < 1.29 is 0 Å². The highest BCUT2D eigenvalue weighted by molar-refractivity contribution is 9.10. The standard InChI is InChI=1S/C16H21BrN2/c1-3-9-19-10-8-14(12-19)11-18-13(2)15-4-6-16(17)7-5-15/h4-8,10,12-13,18H,3,9,11H2,1-2H3/t13-/m0/s1. The highest BCUT2D eigenvalue weighted by Crippen LogP contribution is 2.17. The van der Waals surface area contributed by atoms with E-state index < -0.39 is 0 Å². The molecular weight excluding hydrogens is 300 g/mol. The van der Waals surface area contributed by atoms with E-state index >= 15 is 0 Å². The maximum Gasteiger partial charge on any atom is 0.0294 e. The van der Waals surface area contributed by atoms with Crippen LogP contribution in [0.2, 0.25) is 0 Å². The predicted molar refractivity (Wildman–Crippen MR) is 84.1 cm³/mol. The van der Waals surface area contributed by atoms with Gasteiger partial charge in [-0.1, -0.05) is 35.0 Å². The molecule has 2 aromatic rings. The molecule has 0 aliphatic heterocycles. The lowest BCUT2D eigenvalue weighted by molar-refractivity contribution is 0.573. The first-order valence-corrected chi connectivity index (χ1v) is 7.62. The monoisotopic (exact) mass is 320 g/mol. The molecule has 1 atom stereocenters.